The molecule has 13 nitrogen and oxygen atoms in total. The molecule has 6 rings (SSSR count). The van der Waals surface area contributed by atoms with Gasteiger partial charge in [-0.3, -0.25) is 29.8 Å². The van der Waals surface area contributed by atoms with Crippen LogP contribution in [0.5, 0.6) is 0 Å². The van der Waals surface area contributed by atoms with Crippen molar-refractivity contribution in [2.24, 2.45) is 5.92 Å². The van der Waals surface area contributed by atoms with Crippen molar-refractivity contribution in [2.45, 2.75) is 84.0 Å². The molecular formula is C42H51N8O5P. The number of aromatic amines is 1. The topological polar surface area (TPSA) is 140 Å². The molecule has 14 heteroatoms. The molecule has 4 atom stereocenters. The molecule has 2 aromatic heterocycles. The van der Waals surface area contributed by atoms with Gasteiger partial charge in [-0.2, -0.15) is 4.98 Å². The Morgan fingerprint density at radius 3 is 2.05 bits per heavy atom. The highest BCUT2D eigenvalue weighted by atomic mass is 31.2. The van der Waals surface area contributed by atoms with Gasteiger partial charge in [0.15, 0.2) is 11.2 Å². The summed E-state index contributed by atoms with van der Waals surface area (Å²) in [6.07, 6.45) is 0.870. The Hall–Kier alpha value is -4.80. The highest BCUT2D eigenvalue weighted by molar-refractivity contribution is 7.44. The number of rotatable bonds is 17. The number of hydrogen-bond donors (Lipinski definition) is 3. The van der Waals surface area contributed by atoms with E-state index in [0.29, 0.717) is 6.42 Å². The first kappa shape index (κ1) is 40.9. The van der Waals surface area contributed by atoms with Gasteiger partial charge in [0.05, 0.1) is 24.6 Å². The van der Waals surface area contributed by atoms with E-state index in [9.17, 15) is 9.59 Å². The molecular weight excluding hydrogens is 727 g/mol. The van der Waals surface area contributed by atoms with Gasteiger partial charge in [-0.05, 0) is 44.4 Å². The highest BCUT2D eigenvalue weighted by Gasteiger charge is 2.45. The summed E-state index contributed by atoms with van der Waals surface area (Å²) in [5.74, 6) is -0.552. The zero-order valence-corrected chi connectivity index (χ0v) is 33.6. The van der Waals surface area contributed by atoms with Crippen molar-refractivity contribution in [1.82, 2.24) is 29.5 Å². The number of H-pyrrole nitrogens is 1. The molecule has 294 valence electrons. The molecule has 0 bridgehead atoms. The molecule has 0 aliphatic carbocycles. The van der Waals surface area contributed by atoms with Crippen LogP contribution in [0.1, 0.15) is 70.9 Å². The van der Waals surface area contributed by atoms with Crippen LogP contribution >= 0.6 is 8.53 Å². The SMILES string of the molecule is [C-]#[N+]CCOP(OC[C@H]1O[C@@H](n2cnc3c(=O)[nH]c(NC(=O)C(C)C)nc32)CC1NC(c1ccccc1)(c1ccccc1)c1ccccc1)N(C(C)C)C(C)C. The molecule has 0 saturated carbocycles. The highest BCUT2D eigenvalue weighted by Crippen LogP contribution is 2.47. The Bertz CT molecular complexity index is 2030. The van der Waals surface area contributed by atoms with Crippen molar-refractivity contribution in [3.63, 3.8) is 0 Å². The van der Waals surface area contributed by atoms with Gasteiger partial charge in [0, 0.05) is 30.5 Å². The number of nitrogens with one attached hydrogen (secondary N) is 3. The summed E-state index contributed by atoms with van der Waals surface area (Å²) in [4.78, 5) is 41.0. The van der Waals surface area contributed by atoms with Crippen LogP contribution < -0.4 is 16.2 Å². The van der Waals surface area contributed by atoms with Crippen molar-refractivity contribution < 1.29 is 18.6 Å². The lowest BCUT2D eigenvalue weighted by molar-refractivity contribution is -0.118. The molecule has 1 fully saturated rings. The Kier molecular flexibility index (Phi) is 13.4. The molecule has 0 radical (unpaired) electrons. The molecule has 1 aliphatic rings. The quantitative estimate of drug-likeness (QED) is 0.0386. The van der Waals surface area contributed by atoms with Crippen molar-refractivity contribution in [3.8, 4) is 0 Å². The second-order valence-electron chi connectivity index (χ2n) is 14.7. The van der Waals surface area contributed by atoms with Crippen LogP contribution in [0.3, 0.4) is 0 Å². The summed E-state index contributed by atoms with van der Waals surface area (Å²) in [6, 6.07) is 31.0. The minimum atomic E-state index is -1.56. The number of nitrogens with zero attached hydrogens (tertiary/aromatic N) is 5. The van der Waals surface area contributed by atoms with Crippen LogP contribution in [-0.4, -0.2) is 74.1 Å². The molecule has 1 amide bonds. The predicted molar refractivity (Wildman–Crippen MR) is 219 cm³/mol. The van der Waals surface area contributed by atoms with Gasteiger partial charge in [-0.15, -0.1) is 0 Å². The molecule has 2 unspecified atom stereocenters. The van der Waals surface area contributed by atoms with Crippen molar-refractivity contribution in [1.29, 1.82) is 0 Å². The predicted octanol–water partition coefficient (Wildman–Crippen LogP) is 7.25. The first-order chi connectivity index (χ1) is 27.0. The summed E-state index contributed by atoms with van der Waals surface area (Å²) in [7, 11) is -1.56. The van der Waals surface area contributed by atoms with Crippen LogP contribution in [0, 0.1) is 12.5 Å². The number of imidazole rings is 1. The Morgan fingerprint density at radius 1 is 0.964 bits per heavy atom. The zero-order chi connectivity index (χ0) is 39.8. The van der Waals surface area contributed by atoms with E-state index in [-0.39, 0.29) is 66.8 Å². The van der Waals surface area contributed by atoms with E-state index >= 15 is 0 Å². The normalized spacial score (nSPS) is 17.9. The standard InChI is InChI=1S/C42H51N8O5P/c1-28(2)39(51)46-41-45-38-37(40(52)47-41)44-27-49(38)36-25-34(35(55-36)26-54-56(53-24-23-43-7)50(29(3)4)30(5)6)48-42(31-17-11-8-12-18-31,32-19-13-9-14-20-32)33-21-15-10-16-22-33/h8-22,27-30,34-36,48H,23-26H2,1-6H3,(H2,45,46,47,51,52)/t34?,35-,36-,56?/m1/s1. The van der Waals surface area contributed by atoms with Gasteiger partial charge in [0.2, 0.25) is 18.4 Å². The van der Waals surface area contributed by atoms with Gasteiger partial charge in [0.25, 0.3) is 14.1 Å². The fourth-order valence-electron chi connectivity index (χ4n) is 7.20. The van der Waals surface area contributed by atoms with E-state index in [1.165, 1.54) is 0 Å². The second-order valence-corrected chi connectivity index (χ2v) is 16.1. The second kappa shape index (κ2) is 18.4. The number of carbonyl (C=O) groups is 1. The van der Waals surface area contributed by atoms with E-state index < -0.39 is 32.0 Å². The monoisotopic (exact) mass is 778 g/mol. The minimum Gasteiger partial charge on any atom is -0.351 e. The van der Waals surface area contributed by atoms with Crippen molar-refractivity contribution >= 4 is 31.5 Å². The summed E-state index contributed by atoms with van der Waals surface area (Å²) in [5.41, 5.74) is 2.27. The van der Waals surface area contributed by atoms with E-state index in [4.69, 9.17) is 20.4 Å². The van der Waals surface area contributed by atoms with Gasteiger partial charge in [-0.25, -0.2) is 16.2 Å². The molecule has 1 aliphatic heterocycles. The number of anilines is 1. The average molecular weight is 779 g/mol. The lowest BCUT2D eigenvalue weighted by Crippen LogP contribution is -2.53. The summed E-state index contributed by atoms with van der Waals surface area (Å²) in [6.45, 7) is 19.9. The average Bonchev–Trinajstić information content (AvgIpc) is 3.80. The van der Waals surface area contributed by atoms with Crippen LogP contribution in [0.2, 0.25) is 0 Å². The van der Waals surface area contributed by atoms with Crippen molar-refractivity contribution in [3.05, 3.63) is 136 Å². The molecule has 56 heavy (non-hydrogen) atoms. The molecule has 1 saturated heterocycles. The van der Waals surface area contributed by atoms with E-state index in [2.05, 4.69) is 99.2 Å². The smallest absolute Gasteiger partial charge is 0.280 e. The Labute approximate surface area is 329 Å². The van der Waals surface area contributed by atoms with E-state index in [0.717, 1.165) is 16.7 Å². The molecule has 3 heterocycles. The Morgan fingerprint density at radius 2 is 1.54 bits per heavy atom. The molecule has 0 spiro atoms. The number of carbonyl (C=O) groups excluding carboxylic acids is 1. The maximum atomic E-state index is 13.2. The first-order valence-electron chi connectivity index (χ1n) is 19.1. The summed E-state index contributed by atoms with van der Waals surface area (Å²) >= 11 is 0. The van der Waals surface area contributed by atoms with E-state index in [1.807, 2.05) is 54.6 Å². The zero-order valence-electron chi connectivity index (χ0n) is 32.8. The number of amides is 1. The maximum absolute atomic E-state index is 13.2. The fourth-order valence-corrected chi connectivity index (χ4v) is 8.81. The lowest BCUT2D eigenvalue weighted by Gasteiger charge is -2.40. The van der Waals surface area contributed by atoms with Crippen LogP contribution in [-0.2, 0) is 24.1 Å². The van der Waals surface area contributed by atoms with Gasteiger partial charge < -0.3 is 18.6 Å². The number of fused-ring (bicyclic) bond motifs is 1. The van der Waals surface area contributed by atoms with Crippen LogP contribution in [0.15, 0.2) is 102 Å². The van der Waals surface area contributed by atoms with Gasteiger partial charge in [-0.1, -0.05) is 105 Å². The number of aromatic nitrogens is 4. The third-order valence-corrected chi connectivity index (χ3v) is 11.8. The number of benzene rings is 3. The van der Waals surface area contributed by atoms with Crippen LogP contribution in [0.4, 0.5) is 5.95 Å². The largest absolute Gasteiger partial charge is 0.351 e. The molecule has 5 aromatic rings. The van der Waals surface area contributed by atoms with Crippen molar-refractivity contribution in [2.75, 3.05) is 25.1 Å². The fraction of sp³-hybridized carbons (Fsp3) is 0.405. The number of hydrogen-bond acceptors (Lipinski definition) is 9. The molecule has 3 N–H and O–H groups in total. The van der Waals surface area contributed by atoms with E-state index in [1.54, 1.807) is 24.7 Å². The summed E-state index contributed by atoms with van der Waals surface area (Å²) in [5, 5.41) is 6.82. The number of ether oxygens (including phenoxy) is 1. The van der Waals surface area contributed by atoms with Gasteiger partial charge in [0.1, 0.15) is 12.8 Å². The Balaban J connectivity index is 1.44. The third kappa shape index (κ3) is 8.92. The van der Waals surface area contributed by atoms with Crippen LogP contribution in [0.25, 0.3) is 16.0 Å². The minimum absolute atomic E-state index is 0.0384. The third-order valence-electron chi connectivity index (χ3n) is 9.77. The van der Waals surface area contributed by atoms with Gasteiger partial charge >= 0.3 is 0 Å². The summed E-state index contributed by atoms with van der Waals surface area (Å²) < 4.78 is 23.9. The lowest BCUT2D eigenvalue weighted by atomic mass is 9.76. The maximum Gasteiger partial charge on any atom is 0.280 e. The first-order valence-corrected chi connectivity index (χ1v) is 20.2. The molecule has 3 aromatic carbocycles.